The topological polar surface area (TPSA) is 29.5 Å². The number of amides is 1. The standard InChI is InChI=1S/C24H23NO2/c1-2-22-24(20-14-8-4-9-15-20,21-16-10-5-11-17-21)23(26)25(22)27-18-19-12-6-3-7-13-19/h3-17,22H,2,18H2,1H3. The third kappa shape index (κ3) is 2.84. The van der Waals surface area contributed by atoms with E-state index in [1.165, 1.54) is 0 Å². The van der Waals surface area contributed by atoms with E-state index < -0.39 is 5.41 Å². The summed E-state index contributed by atoms with van der Waals surface area (Å²) in [6.07, 6.45) is 0.810. The van der Waals surface area contributed by atoms with Crippen molar-refractivity contribution in [2.24, 2.45) is 0 Å². The molecule has 1 unspecified atom stereocenters. The lowest BCUT2D eigenvalue weighted by Crippen LogP contribution is -2.71. The summed E-state index contributed by atoms with van der Waals surface area (Å²) in [5.41, 5.74) is 2.41. The summed E-state index contributed by atoms with van der Waals surface area (Å²) in [5.74, 6) is 0.00248. The monoisotopic (exact) mass is 357 g/mol. The smallest absolute Gasteiger partial charge is 0.263 e. The first kappa shape index (κ1) is 17.5. The summed E-state index contributed by atoms with van der Waals surface area (Å²) in [6.45, 7) is 2.50. The Kier molecular flexibility index (Phi) is 4.78. The lowest BCUT2D eigenvalue weighted by molar-refractivity contribution is -0.250. The maximum absolute atomic E-state index is 13.5. The molecule has 0 spiro atoms. The molecule has 1 heterocycles. The first-order valence-electron chi connectivity index (χ1n) is 9.40. The quantitative estimate of drug-likeness (QED) is 0.597. The van der Waals surface area contributed by atoms with Gasteiger partial charge in [0.1, 0.15) is 12.0 Å². The van der Waals surface area contributed by atoms with Crippen molar-refractivity contribution < 1.29 is 9.63 Å². The largest absolute Gasteiger partial charge is 0.271 e. The van der Waals surface area contributed by atoms with Crippen LogP contribution in [0.1, 0.15) is 30.0 Å². The predicted octanol–water partition coefficient (Wildman–Crippen LogP) is 4.73. The summed E-state index contributed by atoms with van der Waals surface area (Å²) in [6, 6.07) is 30.0. The summed E-state index contributed by atoms with van der Waals surface area (Å²) < 4.78 is 0. The van der Waals surface area contributed by atoms with E-state index in [1.54, 1.807) is 5.06 Å². The second-order valence-corrected chi connectivity index (χ2v) is 6.85. The second-order valence-electron chi connectivity index (χ2n) is 6.85. The van der Waals surface area contributed by atoms with Crippen molar-refractivity contribution in [3.8, 4) is 0 Å². The Morgan fingerprint density at radius 2 is 1.30 bits per heavy atom. The van der Waals surface area contributed by atoms with Gasteiger partial charge in [-0.05, 0) is 23.1 Å². The molecule has 0 bridgehead atoms. The van der Waals surface area contributed by atoms with Crippen LogP contribution in [0.15, 0.2) is 91.0 Å². The zero-order valence-corrected chi connectivity index (χ0v) is 15.4. The van der Waals surface area contributed by atoms with Crippen LogP contribution in [-0.2, 0) is 21.7 Å². The molecular weight excluding hydrogens is 334 g/mol. The highest BCUT2D eigenvalue weighted by Gasteiger charge is 2.62. The summed E-state index contributed by atoms with van der Waals surface area (Å²) in [5, 5.41) is 1.58. The fourth-order valence-electron chi connectivity index (χ4n) is 4.11. The summed E-state index contributed by atoms with van der Waals surface area (Å²) >= 11 is 0. The maximum atomic E-state index is 13.5. The molecule has 3 aromatic carbocycles. The van der Waals surface area contributed by atoms with E-state index >= 15 is 0 Å². The van der Waals surface area contributed by atoms with Gasteiger partial charge in [0.15, 0.2) is 0 Å². The minimum Gasteiger partial charge on any atom is -0.271 e. The van der Waals surface area contributed by atoms with Gasteiger partial charge in [0.25, 0.3) is 5.91 Å². The highest BCUT2D eigenvalue weighted by atomic mass is 16.7. The van der Waals surface area contributed by atoms with Crippen LogP contribution in [0.5, 0.6) is 0 Å². The van der Waals surface area contributed by atoms with Crippen molar-refractivity contribution in [2.75, 3.05) is 0 Å². The van der Waals surface area contributed by atoms with E-state index in [2.05, 4.69) is 6.92 Å². The first-order chi connectivity index (χ1) is 13.3. The molecule has 136 valence electrons. The summed E-state index contributed by atoms with van der Waals surface area (Å²) in [4.78, 5) is 19.4. The van der Waals surface area contributed by atoms with E-state index in [9.17, 15) is 4.79 Å². The number of carbonyl (C=O) groups is 1. The van der Waals surface area contributed by atoms with E-state index in [0.717, 1.165) is 23.1 Å². The van der Waals surface area contributed by atoms with Gasteiger partial charge in [-0.3, -0.25) is 9.63 Å². The Balaban J connectivity index is 1.69. The van der Waals surface area contributed by atoms with Gasteiger partial charge >= 0.3 is 0 Å². The number of hydrogen-bond acceptors (Lipinski definition) is 2. The van der Waals surface area contributed by atoms with Crippen molar-refractivity contribution in [1.29, 1.82) is 0 Å². The van der Waals surface area contributed by atoms with Gasteiger partial charge in [-0.2, -0.15) is 0 Å². The third-order valence-electron chi connectivity index (χ3n) is 5.38. The average Bonchev–Trinajstić information content (AvgIpc) is 2.74. The van der Waals surface area contributed by atoms with Gasteiger partial charge in [-0.1, -0.05) is 97.9 Å². The number of benzene rings is 3. The van der Waals surface area contributed by atoms with Crippen LogP contribution in [0, 0.1) is 0 Å². The summed E-state index contributed by atoms with van der Waals surface area (Å²) in [7, 11) is 0. The van der Waals surface area contributed by atoms with Gasteiger partial charge in [0, 0.05) is 0 Å². The second kappa shape index (κ2) is 7.37. The highest BCUT2D eigenvalue weighted by Crippen LogP contribution is 2.49. The Morgan fingerprint density at radius 1 is 0.815 bits per heavy atom. The van der Waals surface area contributed by atoms with Gasteiger partial charge in [-0.25, -0.2) is 5.06 Å². The molecule has 1 atom stereocenters. The number of hydroxylamine groups is 2. The third-order valence-corrected chi connectivity index (χ3v) is 5.38. The lowest BCUT2D eigenvalue weighted by atomic mass is 9.62. The van der Waals surface area contributed by atoms with Gasteiger partial charge < -0.3 is 0 Å². The highest BCUT2D eigenvalue weighted by molar-refractivity contribution is 5.98. The Labute approximate surface area is 160 Å². The molecular formula is C24H23NO2. The molecule has 1 aliphatic heterocycles. The Morgan fingerprint density at radius 3 is 1.78 bits per heavy atom. The molecule has 27 heavy (non-hydrogen) atoms. The van der Waals surface area contributed by atoms with Gasteiger partial charge in [-0.15, -0.1) is 0 Å². The molecule has 3 nitrogen and oxygen atoms in total. The molecule has 3 heteroatoms. The van der Waals surface area contributed by atoms with Gasteiger partial charge in [0.05, 0.1) is 6.04 Å². The van der Waals surface area contributed by atoms with Crippen LogP contribution in [0.25, 0.3) is 0 Å². The number of β-lactam (4-membered cyclic amide) rings is 1. The molecule has 3 aromatic rings. The molecule has 1 aliphatic rings. The van der Waals surface area contributed by atoms with Crippen LogP contribution >= 0.6 is 0 Å². The number of hydrogen-bond donors (Lipinski definition) is 0. The maximum Gasteiger partial charge on any atom is 0.263 e. The van der Waals surface area contributed by atoms with Crippen molar-refractivity contribution in [1.82, 2.24) is 5.06 Å². The molecule has 1 fully saturated rings. The molecule has 0 aliphatic carbocycles. The minimum atomic E-state index is -0.687. The lowest BCUT2D eigenvalue weighted by Gasteiger charge is -2.55. The number of nitrogens with zero attached hydrogens (tertiary/aromatic N) is 1. The van der Waals surface area contributed by atoms with Crippen LogP contribution in [0.2, 0.25) is 0 Å². The predicted molar refractivity (Wildman–Crippen MR) is 106 cm³/mol. The molecule has 0 saturated carbocycles. The van der Waals surface area contributed by atoms with E-state index in [4.69, 9.17) is 4.84 Å². The SMILES string of the molecule is CCC1N(OCc2ccccc2)C(=O)C1(c1ccccc1)c1ccccc1. The average molecular weight is 357 g/mol. The van der Waals surface area contributed by atoms with Crippen molar-refractivity contribution >= 4 is 5.91 Å². The van der Waals surface area contributed by atoms with Crippen LogP contribution in [-0.4, -0.2) is 17.0 Å². The number of carbonyl (C=O) groups excluding carboxylic acids is 1. The van der Waals surface area contributed by atoms with Gasteiger partial charge in [0.2, 0.25) is 0 Å². The van der Waals surface area contributed by atoms with E-state index in [-0.39, 0.29) is 11.9 Å². The Bertz CT molecular complexity index is 854. The van der Waals surface area contributed by atoms with Crippen molar-refractivity contribution in [2.45, 2.75) is 31.4 Å². The molecule has 0 aromatic heterocycles. The van der Waals surface area contributed by atoms with Crippen molar-refractivity contribution in [3.05, 3.63) is 108 Å². The number of rotatable bonds is 6. The molecule has 0 N–H and O–H groups in total. The normalized spacial score (nSPS) is 18.2. The molecule has 4 rings (SSSR count). The van der Waals surface area contributed by atoms with Crippen LogP contribution in [0.4, 0.5) is 0 Å². The molecule has 1 saturated heterocycles. The van der Waals surface area contributed by atoms with E-state index in [0.29, 0.717) is 6.61 Å². The zero-order chi connectivity index (χ0) is 18.7. The Hall–Kier alpha value is -2.91. The molecule has 0 radical (unpaired) electrons. The fraction of sp³-hybridized carbons (Fsp3) is 0.208. The molecule has 1 amide bonds. The van der Waals surface area contributed by atoms with E-state index in [1.807, 2.05) is 91.0 Å². The van der Waals surface area contributed by atoms with Crippen LogP contribution in [0.3, 0.4) is 0 Å². The fourth-order valence-corrected chi connectivity index (χ4v) is 4.11. The first-order valence-corrected chi connectivity index (χ1v) is 9.40. The van der Waals surface area contributed by atoms with Crippen molar-refractivity contribution in [3.63, 3.8) is 0 Å². The zero-order valence-electron chi connectivity index (χ0n) is 15.4. The van der Waals surface area contributed by atoms with Crippen LogP contribution < -0.4 is 0 Å². The minimum absolute atomic E-state index is 0.00248.